The minimum atomic E-state index is 0.227. The predicted molar refractivity (Wildman–Crippen MR) is 79.9 cm³/mol. The summed E-state index contributed by atoms with van der Waals surface area (Å²) in [5.74, 6) is 1.25. The summed E-state index contributed by atoms with van der Waals surface area (Å²) in [5, 5.41) is 3.34. The zero-order valence-corrected chi connectivity index (χ0v) is 12.4. The van der Waals surface area contributed by atoms with Crippen molar-refractivity contribution in [1.29, 1.82) is 0 Å². The summed E-state index contributed by atoms with van der Waals surface area (Å²) in [7, 11) is 0. The first-order valence-electron chi connectivity index (χ1n) is 7.47. The first kappa shape index (κ1) is 14.9. The molecule has 4 nitrogen and oxygen atoms in total. The quantitative estimate of drug-likeness (QED) is 0.774. The molecule has 1 amide bonds. The Hall–Kier alpha value is -1.55. The van der Waals surface area contributed by atoms with Gasteiger partial charge in [0.1, 0.15) is 5.75 Å². The maximum absolute atomic E-state index is 11.8. The molecule has 0 saturated heterocycles. The van der Waals surface area contributed by atoms with E-state index in [4.69, 9.17) is 4.74 Å². The molecule has 110 valence electrons. The lowest BCUT2D eigenvalue weighted by molar-refractivity contribution is -0.130. The molecule has 4 heteroatoms. The Bertz CT molecular complexity index is 456. The normalized spacial score (nSPS) is 12.9. The Morgan fingerprint density at radius 2 is 2.15 bits per heavy atom. The zero-order chi connectivity index (χ0) is 14.4. The van der Waals surface area contributed by atoms with Crippen LogP contribution in [0.2, 0.25) is 0 Å². The summed E-state index contributed by atoms with van der Waals surface area (Å²) >= 11 is 0. The number of hydrogen-bond donors (Lipinski definition) is 1. The Morgan fingerprint density at radius 1 is 1.35 bits per heavy atom. The largest absolute Gasteiger partial charge is 0.493 e. The number of rotatable bonds is 7. The number of hydrogen-bond acceptors (Lipinski definition) is 3. The Morgan fingerprint density at radius 3 is 2.90 bits per heavy atom. The van der Waals surface area contributed by atoms with E-state index in [9.17, 15) is 4.79 Å². The maximum Gasteiger partial charge on any atom is 0.223 e. The van der Waals surface area contributed by atoms with Gasteiger partial charge < -0.3 is 15.0 Å². The van der Waals surface area contributed by atoms with Gasteiger partial charge in [0.05, 0.1) is 6.61 Å². The Kier molecular flexibility index (Phi) is 5.41. The maximum atomic E-state index is 11.8. The average Bonchev–Trinajstić information content (AvgIpc) is 2.92. The van der Waals surface area contributed by atoms with Crippen LogP contribution in [0.15, 0.2) is 18.2 Å². The molecule has 0 radical (unpaired) electrons. The minimum absolute atomic E-state index is 0.227. The first-order chi connectivity index (χ1) is 9.74. The molecular weight excluding hydrogens is 252 g/mol. The van der Waals surface area contributed by atoms with Crippen LogP contribution >= 0.6 is 0 Å². The molecule has 0 fully saturated rings. The van der Waals surface area contributed by atoms with E-state index >= 15 is 0 Å². The number of ether oxygens (including phenoxy) is 1. The lowest BCUT2D eigenvalue weighted by Gasteiger charge is -2.18. The fraction of sp³-hybridized carbons (Fsp3) is 0.562. The van der Waals surface area contributed by atoms with E-state index in [-0.39, 0.29) is 5.91 Å². The number of benzene rings is 1. The van der Waals surface area contributed by atoms with Gasteiger partial charge in [-0.25, -0.2) is 0 Å². The standard InChI is InChI=1S/C16H24N2O2/c1-3-18(4-2)16(19)7-9-17-12-13-5-6-15-14(11-13)8-10-20-15/h5-6,11,17H,3-4,7-10,12H2,1-2H3. The molecule has 0 atom stereocenters. The molecule has 1 aromatic rings. The molecule has 2 rings (SSSR count). The van der Waals surface area contributed by atoms with Crippen molar-refractivity contribution < 1.29 is 9.53 Å². The van der Waals surface area contributed by atoms with E-state index in [1.54, 1.807) is 0 Å². The van der Waals surface area contributed by atoms with Crippen molar-refractivity contribution >= 4 is 5.91 Å². The van der Waals surface area contributed by atoms with Crippen LogP contribution in [0.3, 0.4) is 0 Å². The zero-order valence-electron chi connectivity index (χ0n) is 12.4. The van der Waals surface area contributed by atoms with Gasteiger partial charge in [-0.15, -0.1) is 0 Å². The predicted octanol–water partition coefficient (Wildman–Crippen LogP) is 1.97. The van der Waals surface area contributed by atoms with Gasteiger partial charge in [-0.3, -0.25) is 4.79 Å². The van der Waals surface area contributed by atoms with Crippen molar-refractivity contribution in [3.63, 3.8) is 0 Å². The van der Waals surface area contributed by atoms with Crippen LogP contribution in [0, 0.1) is 0 Å². The Labute approximate surface area is 121 Å². The number of carbonyl (C=O) groups is 1. The molecule has 0 saturated carbocycles. The van der Waals surface area contributed by atoms with Gasteiger partial charge in [-0.05, 0) is 31.0 Å². The third-order valence-electron chi connectivity index (χ3n) is 3.71. The van der Waals surface area contributed by atoms with Gasteiger partial charge in [-0.2, -0.15) is 0 Å². The molecule has 0 aromatic heterocycles. The van der Waals surface area contributed by atoms with Gasteiger partial charge in [0, 0.05) is 39.0 Å². The van der Waals surface area contributed by atoms with Crippen molar-refractivity contribution in [1.82, 2.24) is 10.2 Å². The van der Waals surface area contributed by atoms with Crippen LogP contribution in [0.5, 0.6) is 5.75 Å². The third kappa shape index (κ3) is 3.73. The van der Waals surface area contributed by atoms with Gasteiger partial charge in [0.25, 0.3) is 0 Å². The summed E-state index contributed by atoms with van der Waals surface area (Å²) in [4.78, 5) is 13.7. The number of nitrogens with zero attached hydrogens (tertiary/aromatic N) is 1. The number of fused-ring (bicyclic) bond motifs is 1. The van der Waals surface area contributed by atoms with Crippen molar-refractivity contribution in [3.05, 3.63) is 29.3 Å². The van der Waals surface area contributed by atoms with E-state index < -0.39 is 0 Å². The summed E-state index contributed by atoms with van der Waals surface area (Å²) in [6, 6.07) is 6.32. The van der Waals surface area contributed by atoms with E-state index in [1.165, 1.54) is 11.1 Å². The lowest BCUT2D eigenvalue weighted by atomic mass is 10.1. The molecule has 0 unspecified atom stereocenters. The summed E-state index contributed by atoms with van der Waals surface area (Å²) < 4.78 is 5.49. The molecule has 1 N–H and O–H groups in total. The van der Waals surface area contributed by atoms with Crippen LogP contribution in [-0.4, -0.2) is 37.0 Å². The molecule has 0 bridgehead atoms. The van der Waals surface area contributed by atoms with Crippen LogP contribution in [0.4, 0.5) is 0 Å². The smallest absolute Gasteiger partial charge is 0.223 e. The fourth-order valence-electron chi connectivity index (χ4n) is 2.51. The highest BCUT2D eigenvalue weighted by Crippen LogP contribution is 2.25. The molecule has 1 aliphatic heterocycles. The van der Waals surface area contributed by atoms with Crippen molar-refractivity contribution in [2.75, 3.05) is 26.2 Å². The summed E-state index contributed by atoms with van der Waals surface area (Å²) in [6.07, 6.45) is 1.57. The van der Waals surface area contributed by atoms with Crippen molar-refractivity contribution in [2.24, 2.45) is 0 Å². The molecule has 1 aliphatic rings. The van der Waals surface area contributed by atoms with Gasteiger partial charge in [0.2, 0.25) is 5.91 Å². The topological polar surface area (TPSA) is 41.6 Å². The van der Waals surface area contributed by atoms with Crippen LogP contribution in [0.1, 0.15) is 31.4 Å². The van der Waals surface area contributed by atoms with Crippen molar-refractivity contribution in [3.8, 4) is 5.75 Å². The monoisotopic (exact) mass is 276 g/mol. The van der Waals surface area contributed by atoms with Gasteiger partial charge in [0.15, 0.2) is 0 Å². The fourth-order valence-corrected chi connectivity index (χ4v) is 2.51. The van der Waals surface area contributed by atoms with E-state index in [1.807, 2.05) is 24.8 Å². The average molecular weight is 276 g/mol. The SMILES string of the molecule is CCN(CC)C(=O)CCNCc1ccc2c(c1)CCO2. The highest BCUT2D eigenvalue weighted by Gasteiger charge is 2.12. The number of amides is 1. The second-order valence-corrected chi connectivity index (χ2v) is 5.03. The van der Waals surface area contributed by atoms with Crippen LogP contribution in [-0.2, 0) is 17.8 Å². The molecule has 20 heavy (non-hydrogen) atoms. The minimum Gasteiger partial charge on any atom is -0.493 e. The van der Waals surface area contributed by atoms with Crippen LogP contribution in [0.25, 0.3) is 0 Å². The lowest BCUT2D eigenvalue weighted by Crippen LogP contribution is -2.32. The third-order valence-corrected chi connectivity index (χ3v) is 3.71. The van der Waals surface area contributed by atoms with E-state index in [2.05, 4.69) is 17.4 Å². The number of carbonyl (C=O) groups excluding carboxylic acids is 1. The van der Waals surface area contributed by atoms with Crippen molar-refractivity contribution in [2.45, 2.75) is 33.2 Å². The number of nitrogens with one attached hydrogen (secondary N) is 1. The van der Waals surface area contributed by atoms with Gasteiger partial charge in [-0.1, -0.05) is 12.1 Å². The highest BCUT2D eigenvalue weighted by molar-refractivity contribution is 5.76. The second-order valence-electron chi connectivity index (χ2n) is 5.03. The Balaban J connectivity index is 1.72. The van der Waals surface area contributed by atoms with E-state index in [0.717, 1.165) is 45.0 Å². The first-order valence-corrected chi connectivity index (χ1v) is 7.47. The molecular formula is C16H24N2O2. The summed E-state index contributed by atoms with van der Waals surface area (Å²) in [5.41, 5.74) is 2.55. The van der Waals surface area contributed by atoms with Crippen LogP contribution < -0.4 is 10.1 Å². The molecule has 0 spiro atoms. The molecule has 1 heterocycles. The second kappa shape index (κ2) is 7.29. The molecule has 0 aliphatic carbocycles. The molecule has 1 aromatic carbocycles. The van der Waals surface area contributed by atoms with E-state index in [0.29, 0.717) is 6.42 Å². The highest BCUT2D eigenvalue weighted by atomic mass is 16.5. The van der Waals surface area contributed by atoms with Gasteiger partial charge >= 0.3 is 0 Å². The summed E-state index contributed by atoms with van der Waals surface area (Å²) in [6.45, 7) is 7.94.